The van der Waals surface area contributed by atoms with Crippen LogP contribution < -0.4 is 0 Å². The van der Waals surface area contributed by atoms with E-state index in [-0.39, 0.29) is 10.8 Å². The Balaban J connectivity index is 1.31. The van der Waals surface area contributed by atoms with Crippen molar-refractivity contribution in [1.29, 1.82) is 0 Å². The molecule has 10 aromatic carbocycles. The molecule has 0 spiro atoms. The summed E-state index contributed by atoms with van der Waals surface area (Å²) >= 11 is 0. The van der Waals surface area contributed by atoms with E-state index in [0.717, 1.165) is 44.2 Å². The standard InChI is InChI=1S/C48H34O2/c1-47(2,3)33-17-13-25-27-16-20-36-44-42(27)31(24-10-8-12-30(33)40(24)25)21-37-45(44)46-38(50-36)22-32-28-14-18-34(48(4,5)6)29-11-7-9-23(39(28)29)26-15-19-35(49-37)43(46)41(26)32/h7-22H,1-6H3. The first-order valence-electron chi connectivity index (χ1n) is 17.9. The maximum absolute atomic E-state index is 7.06. The van der Waals surface area contributed by atoms with Gasteiger partial charge in [0, 0.05) is 32.7 Å². The summed E-state index contributed by atoms with van der Waals surface area (Å²) in [6.45, 7) is 13.8. The monoisotopic (exact) mass is 642 g/mol. The molecule has 0 aromatic heterocycles. The predicted octanol–water partition coefficient (Wildman–Crippen LogP) is 14.4. The van der Waals surface area contributed by atoms with Crippen molar-refractivity contribution < 1.29 is 8.83 Å². The third-order valence-corrected chi connectivity index (χ3v) is 12.0. The zero-order valence-electron chi connectivity index (χ0n) is 29.1. The van der Waals surface area contributed by atoms with E-state index in [1.807, 2.05) is 0 Å². The summed E-state index contributed by atoms with van der Waals surface area (Å²) in [4.78, 5) is 0. The first-order chi connectivity index (χ1) is 24.1. The number of hydrogen-bond donors (Lipinski definition) is 0. The Hall–Kier alpha value is -5.60. The Morgan fingerprint density at radius 1 is 0.320 bits per heavy atom. The van der Waals surface area contributed by atoms with Gasteiger partial charge in [-0.15, -0.1) is 0 Å². The second-order valence-corrected chi connectivity index (χ2v) is 16.8. The molecule has 0 saturated carbocycles. The minimum absolute atomic E-state index is 0.0320. The van der Waals surface area contributed by atoms with Crippen molar-refractivity contribution in [2.45, 2.75) is 52.4 Å². The molecule has 0 saturated heterocycles. The lowest BCUT2D eigenvalue weighted by molar-refractivity contribution is 0.596. The molecule has 238 valence electrons. The van der Waals surface area contributed by atoms with Crippen molar-refractivity contribution in [1.82, 2.24) is 0 Å². The van der Waals surface area contributed by atoms with Gasteiger partial charge >= 0.3 is 0 Å². The van der Waals surface area contributed by atoms with Gasteiger partial charge in [0.15, 0.2) is 0 Å². The molecule has 50 heavy (non-hydrogen) atoms. The number of hydrogen-bond acceptors (Lipinski definition) is 2. The predicted molar refractivity (Wildman–Crippen MR) is 214 cm³/mol. The molecule has 0 fully saturated rings. The fourth-order valence-electron chi connectivity index (χ4n) is 9.98. The minimum Gasteiger partial charge on any atom is -0.456 e. The van der Waals surface area contributed by atoms with Crippen molar-refractivity contribution in [3.05, 3.63) is 108 Å². The van der Waals surface area contributed by atoms with Crippen molar-refractivity contribution in [3.63, 3.8) is 0 Å². The third kappa shape index (κ3) is 3.05. The van der Waals surface area contributed by atoms with Crippen LogP contribution in [0.25, 0.3) is 120 Å². The average molecular weight is 643 g/mol. The van der Waals surface area contributed by atoms with Gasteiger partial charge in [0.25, 0.3) is 0 Å². The average Bonchev–Trinajstić information content (AvgIpc) is 3.09. The normalized spacial score (nSPS) is 13.8. The van der Waals surface area contributed by atoms with Crippen molar-refractivity contribution in [2.24, 2.45) is 0 Å². The quantitative estimate of drug-likeness (QED) is 0.122. The van der Waals surface area contributed by atoms with Gasteiger partial charge in [-0.05, 0) is 123 Å². The molecule has 10 aromatic rings. The van der Waals surface area contributed by atoms with Crippen molar-refractivity contribution in [2.75, 3.05) is 0 Å². The molecular weight excluding hydrogens is 609 g/mol. The Bertz CT molecular complexity index is 3190. The molecule has 0 radical (unpaired) electrons. The zero-order chi connectivity index (χ0) is 33.6. The van der Waals surface area contributed by atoms with Crippen LogP contribution >= 0.6 is 0 Å². The van der Waals surface area contributed by atoms with Gasteiger partial charge in [0.1, 0.15) is 22.3 Å². The van der Waals surface area contributed by atoms with E-state index >= 15 is 0 Å². The highest BCUT2D eigenvalue weighted by atomic mass is 16.3. The van der Waals surface area contributed by atoms with E-state index in [2.05, 4.69) is 139 Å². The van der Waals surface area contributed by atoms with Gasteiger partial charge in [0.05, 0.1) is 0 Å². The van der Waals surface area contributed by atoms with Crippen LogP contribution in [-0.4, -0.2) is 0 Å². The summed E-state index contributed by atoms with van der Waals surface area (Å²) in [6.07, 6.45) is 0. The lowest BCUT2D eigenvalue weighted by Crippen LogP contribution is -2.11. The fourth-order valence-corrected chi connectivity index (χ4v) is 9.98. The fraction of sp³-hybridized carbons (Fsp3) is 0.167. The Labute approximate surface area is 288 Å². The second-order valence-electron chi connectivity index (χ2n) is 16.8. The summed E-state index contributed by atoms with van der Waals surface area (Å²) in [5, 5.41) is 20.2. The third-order valence-electron chi connectivity index (χ3n) is 12.0. The van der Waals surface area contributed by atoms with Gasteiger partial charge in [-0.25, -0.2) is 0 Å². The van der Waals surface area contributed by atoms with E-state index in [0.29, 0.717) is 0 Å². The van der Waals surface area contributed by atoms with Crippen molar-refractivity contribution >= 4 is 109 Å². The van der Waals surface area contributed by atoms with E-state index in [9.17, 15) is 0 Å². The number of rotatable bonds is 0. The second kappa shape index (κ2) is 8.40. The summed E-state index contributed by atoms with van der Waals surface area (Å²) in [7, 11) is 0. The van der Waals surface area contributed by atoms with E-state index in [1.165, 1.54) is 86.5 Å². The van der Waals surface area contributed by atoms with Crippen LogP contribution in [0.2, 0.25) is 0 Å². The molecule has 2 nitrogen and oxygen atoms in total. The van der Waals surface area contributed by atoms with Crippen LogP contribution in [-0.2, 0) is 10.8 Å². The summed E-state index contributed by atoms with van der Waals surface area (Å²) in [5.74, 6) is 0. The topological polar surface area (TPSA) is 26.3 Å². The van der Waals surface area contributed by atoms with Gasteiger partial charge in [-0.3, -0.25) is 0 Å². The molecule has 0 bridgehead atoms. The van der Waals surface area contributed by atoms with Crippen LogP contribution in [0.3, 0.4) is 0 Å². The Morgan fingerprint density at radius 3 is 1.14 bits per heavy atom. The maximum atomic E-state index is 7.06. The van der Waals surface area contributed by atoms with Gasteiger partial charge in [-0.2, -0.15) is 0 Å². The van der Waals surface area contributed by atoms with E-state index in [1.54, 1.807) is 0 Å². The minimum atomic E-state index is 0.0320. The molecular formula is C48H34O2. The first kappa shape index (κ1) is 27.2. The smallest absolute Gasteiger partial charge is 0.136 e. The summed E-state index contributed by atoms with van der Waals surface area (Å²) < 4.78 is 14.1. The van der Waals surface area contributed by atoms with Crippen LogP contribution in [0.5, 0.6) is 0 Å². The lowest BCUT2D eigenvalue weighted by atomic mass is 9.78. The van der Waals surface area contributed by atoms with Gasteiger partial charge < -0.3 is 8.83 Å². The molecule has 0 unspecified atom stereocenters. The first-order valence-corrected chi connectivity index (χ1v) is 17.9. The summed E-state index contributed by atoms with van der Waals surface area (Å²) in [6, 6.07) is 36.6. The number of fused-ring (bicyclic) bond motifs is 4. The van der Waals surface area contributed by atoms with E-state index in [4.69, 9.17) is 8.83 Å². The molecule has 12 rings (SSSR count). The highest BCUT2D eigenvalue weighted by molar-refractivity contribution is 6.42. The van der Waals surface area contributed by atoms with Gasteiger partial charge in [-0.1, -0.05) is 102 Å². The largest absolute Gasteiger partial charge is 0.456 e. The molecule has 0 N–H and O–H groups in total. The molecule has 2 aliphatic rings. The SMILES string of the molecule is CC(C)(C)c1ccc2c3ccc4oc5cc6c7ccc(C(C)(C)C)c8cccc(c9ccc%10oc%11cc(c%12cccc1c2%12)c3c4c%11-c5c%10c96)c87. The van der Waals surface area contributed by atoms with Crippen LogP contribution in [0.4, 0.5) is 0 Å². The summed E-state index contributed by atoms with van der Waals surface area (Å²) in [5.41, 5.74) is 8.74. The molecule has 2 aliphatic heterocycles. The Morgan fingerprint density at radius 2 is 0.680 bits per heavy atom. The Kier molecular flexibility index (Phi) is 4.58. The molecule has 2 heteroatoms. The molecule has 0 amide bonds. The van der Waals surface area contributed by atoms with Crippen LogP contribution in [0.1, 0.15) is 52.7 Å². The van der Waals surface area contributed by atoms with Crippen molar-refractivity contribution in [3.8, 4) is 11.1 Å². The highest BCUT2D eigenvalue weighted by Gasteiger charge is 2.30. The highest BCUT2D eigenvalue weighted by Crippen LogP contribution is 2.55. The number of benzene rings is 10. The molecule has 2 heterocycles. The lowest BCUT2D eigenvalue weighted by Gasteiger charge is -2.26. The van der Waals surface area contributed by atoms with E-state index < -0.39 is 0 Å². The van der Waals surface area contributed by atoms with Crippen LogP contribution in [0, 0.1) is 0 Å². The van der Waals surface area contributed by atoms with Gasteiger partial charge in [0.2, 0.25) is 0 Å². The zero-order valence-corrected chi connectivity index (χ0v) is 29.1. The maximum Gasteiger partial charge on any atom is 0.136 e. The van der Waals surface area contributed by atoms with Crippen LogP contribution in [0.15, 0.2) is 106 Å². The molecule has 0 atom stereocenters. The molecule has 0 aliphatic carbocycles.